The number of nitrogens with one attached hydrogen (secondary N) is 1. The van der Waals surface area contributed by atoms with Gasteiger partial charge in [0.15, 0.2) is 13.2 Å². The number of urea groups is 1. The van der Waals surface area contributed by atoms with Gasteiger partial charge in [0.1, 0.15) is 5.75 Å². The van der Waals surface area contributed by atoms with Crippen molar-refractivity contribution in [2.45, 2.75) is 19.3 Å². The first-order valence-corrected chi connectivity index (χ1v) is 6.54. The zero-order valence-electron chi connectivity index (χ0n) is 11.4. The number of carbonyl (C=O) groups is 3. The lowest BCUT2D eigenvalue weighted by atomic mass is 10.1. The van der Waals surface area contributed by atoms with Crippen molar-refractivity contribution in [3.63, 3.8) is 0 Å². The molecule has 1 aliphatic carbocycles. The zero-order chi connectivity index (χ0) is 15.2. The first-order valence-electron chi connectivity index (χ1n) is 6.54. The molecule has 3 amide bonds. The number of primary amides is 1. The van der Waals surface area contributed by atoms with Crippen LogP contribution in [0.5, 0.6) is 5.75 Å². The van der Waals surface area contributed by atoms with Crippen LogP contribution in [0.15, 0.2) is 18.2 Å². The topological polar surface area (TPSA) is 108 Å². The first kappa shape index (κ1) is 14.8. The molecule has 0 fully saturated rings. The Morgan fingerprint density at radius 2 is 1.90 bits per heavy atom. The van der Waals surface area contributed by atoms with E-state index in [0.717, 1.165) is 19.3 Å². The molecule has 1 aromatic carbocycles. The summed E-state index contributed by atoms with van der Waals surface area (Å²) in [5, 5.41) is 1.78. The van der Waals surface area contributed by atoms with Crippen LogP contribution >= 0.6 is 0 Å². The maximum atomic E-state index is 11.4. The Bertz CT molecular complexity index is 570. The van der Waals surface area contributed by atoms with E-state index in [2.05, 4.69) is 4.74 Å². The summed E-state index contributed by atoms with van der Waals surface area (Å²) in [6.07, 6.45) is 3.23. The van der Waals surface area contributed by atoms with Gasteiger partial charge in [-0.15, -0.1) is 0 Å². The van der Waals surface area contributed by atoms with Gasteiger partial charge in [-0.1, -0.05) is 6.07 Å². The van der Waals surface area contributed by atoms with Crippen LogP contribution in [0.4, 0.5) is 4.79 Å². The van der Waals surface area contributed by atoms with Crippen LogP contribution in [0.1, 0.15) is 17.5 Å². The third-order valence-corrected chi connectivity index (χ3v) is 3.05. The number of amides is 3. The zero-order valence-corrected chi connectivity index (χ0v) is 11.4. The van der Waals surface area contributed by atoms with Gasteiger partial charge in [0, 0.05) is 0 Å². The number of esters is 1. The fourth-order valence-corrected chi connectivity index (χ4v) is 2.14. The van der Waals surface area contributed by atoms with Gasteiger partial charge in [0.25, 0.3) is 5.91 Å². The van der Waals surface area contributed by atoms with Gasteiger partial charge in [0.05, 0.1) is 0 Å². The van der Waals surface area contributed by atoms with Crippen LogP contribution in [0.2, 0.25) is 0 Å². The minimum atomic E-state index is -0.995. The van der Waals surface area contributed by atoms with E-state index in [4.69, 9.17) is 10.5 Å². The summed E-state index contributed by atoms with van der Waals surface area (Å²) < 4.78 is 9.94. The average molecular weight is 292 g/mol. The molecule has 1 aliphatic rings. The highest BCUT2D eigenvalue weighted by Gasteiger charge is 2.13. The molecule has 0 saturated carbocycles. The van der Waals surface area contributed by atoms with Crippen molar-refractivity contribution in [1.82, 2.24) is 5.32 Å². The summed E-state index contributed by atoms with van der Waals surface area (Å²) in [5.74, 6) is -0.891. The highest BCUT2D eigenvalue weighted by Crippen LogP contribution is 2.25. The van der Waals surface area contributed by atoms with Crippen LogP contribution in [0, 0.1) is 0 Å². The summed E-state index contributed by atoms with van der Waals surface area (Å²) in [7, 11) is 0. The molecule has 112 valence electrons. The molecular weight excluding hydrogens is 276 g/mol. The number of nitrogens with two attached hydrogens (primary N) is 1. The molecule has 0 aliphatic heterocycles. The molecule has 0 aromatic heterocycles. The SMILES string of the molecule is NC(=O)NC(=O)COC(=O)COc1ccc2c(c1)CCC2. The van der Waals surface area contributed by atoms with Gasteiger partial charge in [-0.2, -0.15) is 0 Å². The lowest BCUT2D eigenvalue weighted by Gasteiger charge is -2.08. The molecule has 0 heterocycles. The largest absolute Gasteiger partial charge is 0.482 e. The number of rotatable bonds is 5. The fourth-order valence-electron chi connectivity index (χ4n) is 2.14. The molecule has 0 spiro atoms. The number of aryl methyl sites for hydroxylation is 2. The van der Waals surface area contributed by atoms with E-state index in [1.807, 2.05) is 12.1 Å². The molecule has 7 nitrogen and oxygen atoms in total. The standard InChI is InChI=1S/C14H16N2O5/c15-14(19)16-12(17)7-21-13(18)8-20-11-5-4-9-2-1-3-10(9)6-11/h4-6H,1-3,7-8H2,(H3,15,16,17,19). The first-order chi connectivity index (χ1) is 10.0. The van der Waals surface area contributed by atoms with Crippen LogP contribution in [0.3, 0.4) is 0 Å². The number of carbonyl (C=O) groups excluding carboxylic acids is 3. The summed E-state index contributed by atoms with van der Waals surface area (Å²) in [4.78, 5) is 32.8. The molecule has 21 heavy (non-hydrogen) atoms. The maximum absolute atomic E-state index is 11.4. The third kappa shape index (κ3) is 4.48. The minimum Gasteiger partial charge on any atom is -0.482 e. The number of imide groups is 1. The van der Waals surface area contributed by atoms with Crippen molar-refractivity contribution >= 4 is 17.9 Å². The van der Waals surface area contributed by atoms with Crippen molar-refractivity contribution in [3.05, 3.63) is 29.3 Å². The molecule has 3 N–H and O–H groups in total. The Morgan fingerprint density at radius 3 is 2.67 bits per heavy atom. The molecule has 2 rings (SSSR count). The second-order valence-electron chi connectivity index (χ2n) is 4.65. The van der Waals surface area contributed by atoms with Gasteiger partial charge in [-0.25, -0.2) is 9.59 Å². The maximum Gasteiger partial charge on any atom is 0.344 e. The summed E-state index contributed by atoms with van der Waals surface area (Å²) in [6.45, 7) is -0.877. The fraction of sp³-hybridized carbons (Fsp3) is 0.357. The number of fused-ring (bicyclic) bond motifs is 1. The Balaban J connectivity index is 1.74. The number of hydrogen-bond donors (Lipinski definition) is 2. The lowest BCUT2D eigenvalue weighted by molar-refractivity contribution is -0.150. The quantitative estimate of drug-likeness (QED) is 0.758. The molecule has 0 unspecified atom stereocenters. The number of benzene rings is 1. The van der Waals surface area contributed by atoms with Crippen molar-refractivity contribution in [1.29, 1.82) is 0 Å². The van der Waals surface area contributed by atoms with E-state index < -0.39 is 24.5 Å². The summed E-state index contributed by atoms with van der Waals surface area (Å²) in [5.41, 5.74) is 7.29. The van der Waals surface area contributed by atoms with Crippen molar-refractivity contribution in [3.8, 4) is 5.75 Å². The Kier molecular flexibility index (Phi) is 4.76. The van der Waals surface area contributed by atoms with E-state index in [1.54, 1.807) is 11.4 Å². The molecule has 7 heteroatoms. The second kappa shape index (κ2) is 6.74. The Labute approximate surface area is 121 Å². The Hall–Kier alpha value is -2.57. The minimum absolute atomic E-state index is 0.303. The molecule has 0 radical (unpaired) electrons. The average Bonchev–Trinajstić information content (AvgIpc) is 2.89. The summed E-state index contributed by atoms with van der Waals surface area (Å²) in [6, 6.07) is 4.71. The second-order valence-corrected chi connectivity index (χ2v) is 4.65. The van der Waals surface area contributed by atoms with Crippen molar-refractivity contribution in [2.24, 2.45) is 5.73 Å². The van der Waals surface area contributed by atoms with Gasteiger partial charge in [-0.05, 0) is 42.5 Å². The Morgan fingerprint density at radius 1 is 1.14 bits per heavy atom. The number of ether oxygens (including phenoxy) is 2. The van der Waals surface area contributed by atoms with Gasteiger partial charge in [-0.3, -0.25) is 10.1 Å². The lowest BCUT2D eigenvalue weighted by Crippen LogP contribution is -2.38. The van der Waals surface area contributed by atoms with E-state index in [9.17, 15) is 14.4 Å². The van der Waals surface area contributed by atoms with Gasteiger partial charge in [0.2, 0.25) is 0 Å². The number of hydrogen-bond acceptors (Lipinski definition) is 5. The molecule has 1 aromatic rings. The van der Waals surface area contributed by atoms with E-state index in [0.29, 0.717) is 5.75 Å². The highest BCUT2D eigenvalue weighted by atomic mass is 16.6. The van der Waals surface area contributed by atoms with Crippen LogP contribution < -0.4 is 15.8 Å². The van der Waals surface area contributed by atoms with Crippen molar-refractivity contribution in [2.75, 3.05) is 13.2 Å². The molecule has 0 saturated heterocycles. The smallest absolute Gasteiger partial charge is 0.344 e. The van der Waals surface area contributed by atoms with E-state index >= 15 is 0 Å². The molecule has 0 atom stereocenters. The van der Waals surface area contributed by atoms with Crippen LogP contribution in [0.25, 0.3) is 0 Å². The van der Waals surface area contributed by atoms with E-state index in [-0.39, 0.29) is 6.61 Å². The molecule has 0 bridgehead atoms. The van der Waals surface area contributed by atoms with Crippen LogP contribution in [-0.2, 0) is 27.2 Å². The normalized spacial score (nSPS) is 12.4. The van der Waals surface area contributed by atoms with Crippen LogP contribution in [-0.4, -0.2) is 31.1 Å². The monoisotopic (exact) mass is 292 g/mol. The van der Waals surface area contributed by atoms with Crippen molar-refractivity contribution < 1.29 is 23.9 Å². The van der Waals surface area contributed by atoms with E-state index in [1.165, 1.54) is 11.1 Å². The van der Waals surface area contributed by atoms with Gasteiger partial charge < -0.3 is 15.2 Å². The van der Waals surface area contributed by atoms with Gasteiger partial charge >= 0.3 is 12.0 Å². The highest BCUT2D eigenvalue weighted by molar-refractivity contribution is 5.94. The predicted octanol–water partition coefficient (Wildman–Crippen LogP) is 0.292. The summed E-state index contributed by atoms with van der Waals surface area (Å²) >= 11 is 0. The molecular formula is C14H16N2O5. The third-order valence-electron chi connectivity index (χ3n) is 3.05. The predicted molar refractivity (Wildman–Crippen MR) is 72.6 cm³/mol.